The van der Waals surface area contributed by atoms with Gasteiger partial charge in [-0.1, -0.05) is 42.4 Å². The quantitative estimate of drug-likeness (QED) is 0.450. The van der Waals surface area contributed by atoms with Gasteiger partial charge in [0.1, 0.15) is 17.4 Å². The standard InChI is InChI=1S/C21H21ClF2N4O2S/c1-4-18(20(29)25-16-10-9-13(23)11-15(16)24)31-21-27-26-19(28(21)3)12(2)30-17-8-6-5-7-14(17)22/h5-12,18H,4H2,1-3H3,(H,25,29). The van der Waals surface area contributed by atoms with E-state index in [1.54, 1.807) is 23.7 Å². The maximum absolute atomic E-state index is 13.9. The van der Waals surface area contributed by atoms with E-state index >= 15 is 0 Å². The minimum atomic E-state index is -0.834. The summed E-state index contributed by atoms with van der Waals surface area (Å²) < 4.78 is 34.6. The molecule has 0 radical (unpaired) electrons. The number of ether oxygens (including phenoxy) is 1. The molecule has 0 aliphatic heterocycles. The van der Waals surface area contributed by atoms with E-state index in [-0.39, 0.29) is 5.69 Å². The molecule has 10 heteroatoms. The second-order valence-corrected chi connectivity index (χ2v) is 8.30. The molecule has 0 saturated heterocycles. The van der Waals surface area contributed by atoms with Crippen LogP contribution in [0.2, 0.25) is 5.02 Å². The highest BCUT2D eigenvalue weighted by atomic mass is 35.5. The monoisotopic (exact) mass is 466 g/mol. The Labute approximate surface area is 188 Å². The summed E-state index contributed by atoms with van der Waals surface area (Å²) in [4.78, 5) is 12.6. The van der Waals surface area contributed by atoms with Gasteiger partial charge in [0.15, 0.2) is 17.1 Å². The van der Waals surface area contributed by atoms with Crippen molar-refractivity contribution in [3.8, 4) is 5.75 Å². The van der Waals surface area contributed by atoms with Crippen molar-refractivity contribution in [1.82, 2.24) is 14.8 Å². The summed E-state index contributed by atoms with van der Waals surface area (Å²) in [6.45, 7) is 3.65. The van der Waals surface area contributed by atoms with Gasteiger partial charge in [-0.2, -0.15) is 0 Å². The SMILES string of the molecule is CCC(Sc1nnc(C(C)Oc2ccccc2Cl)n1C)C(=O)Nc1ccc(F)cc1F. The molecule has 0 bridgehead atoms. The second-order valence-electron chi connectivity index (χ2n) is 6.72. The molecule has 0 fully saturated rings. The van der Waals surface area contributed by atoms with Crippen molar-refractivity contribution in [1.29, 1.82) is 0 Å². The Morgan fingerprint density at radius 3 is 2.68 bits per heavy atom. The highest BCUT2D eigenvalue weighted by molar-refractivity contribution is 8.00. The number of thioether (sulfide) groups is 1. The minimum Gasteiger partial charge on any atom is -0.481 e. The molecular weight excluding hydrogens is 446 g/mol. The maximum Gasteiger partial charge on any atom is 0.238 e. The molecule has 1 amide bonds. The number of aromatic nitrogens is 3. The van der Waals surface area contributed by atoms with E-state index < -0.39 is 28.9 Å². The molecule has 0 aliphatic rings. The number of hydrogen-bond acceptors (Lipinski definition) is 5. The van der Waals surface area contributed by atoms with E-state index in [2.05, 4.69) is 15.5 Å². The number of carbonyl (C=O) groups is 1. The van der Waals surface area contributed by atoms with Gasteiger partial charge in [0.2, 0.25) is 5.91 Å². The normalized spacial score (nSPS) is 13.0. The molecule has 31 heavy (non-hydrogen) atoms. The number of nitrogens with zero attached hydrogens (tertiary/aromatic N) is 3. The summed E-state index contributed by atoms with van der Waals surface area (Å²) in [5.41, 5.74) is -0.0779. The van der Waals surface area contributed by atoms with E-state index in [0.717, 1.165) is 12.1 Å². The fraction of sp³-hybridized carbons (Fsp3) is 0.286. The number of anilines is 1. The van der Waals surface area contributed by atoms with Gasteiger partial charge in [-0.05, 0) is 37.6 Å². The Hall–Kier alpha value is -2.65. The largest absolute Gasteiger partial charge is 0.481 e. The number of hydrogen-bond donors (Lipinski definition) is 1. The van der Waals surface area contributed by atoms with Gasteiger partial charge >= 0.3 is 0 Å². The molecule has 1 heterocycles. The van der Waals surface area contributed by atoms with Crippen LogP contribution >= 0.6 is 23.4 Å². The first-order valence-electron chi connectivity index (χ1n) is 9.53. The zero-order chi connectivity index (χ0) is 22.5. The third kappa shape index (κ3) is 5.54. The van der Waals surface area contributed by atoms with Crippen LogP contribution in [0.5, 0.6) is 5.75 Å². The van der Waals surface area contributed by atoms with Crippen LogP contribution < -0.4 is 10.1 Å². The average molecular weight is 467 g/mol. The minimum absolute atomic E-state index is 0.0779. The Morgan fingerprint density at radius 2 is 2.00 bits per heavy atom. The number of benzene rings is 2. The molecule has 2 unspecified atom stereocenters. The van der Waals surface area contributed by atoms with Gasteiger partial charge in [0, 0.05) is 13.1 Å². The van der Waals surface area contributed by atoms with E-state index in [1.807, 2.05) is 26.0 Å². The smallest absolute Gasteiger partial charge is 0.238 e. The van der Waals surface area contributed by atoms with Crippen molar-refractivity contribution < 1.29 is 18.3 Å². The topological polar surface area (TPSA) is 69.0 Å². The van der Waals surface area contributed by atoms with Crippen molar-refractivity contribution in [3.05, 3.63) is 64.9 Å². The third-order valence-electron chi connectivity index (χ3n) is 4.47. The van der Waals surface area contributed by atoms with Crippen LogP contribution in [0.4, 0.5) is 14.5 Å². The molecule has 6 nitrogen and oxygen atoms in total. The average Bonchev–Trinajstić information content (AvgIpc) is 3.10. The molecule has 2 atom stereocenters. The predicted molar refractivity (Wildman–Crippen MR) is 116 cm³/mol. The van der Waals surface area contributed by atoms with Crippen molar-refractivity contribution in [2.45, 2.75) is 36.8 Å². The van der Waals surface area contributed by atoms with Gasteiger partial charge in [-0.3, -0.25) is 4.79 Å². The predicted octanol–water partition coefficient (Wildman–Crippen LogP) is 5.40. The van der Waals surface area contributed by atoms with Crippen LogP contribution in [-0.4, -0.2) is 25.9 Å². The first kappa shape index (κ1) is 23.0. The fourth-order valence-electron chi connectivity index (χ4n) is 2.82. The van der Waals surface area contributed by atoms with Crippen molar-refractivity contribution in [2.24, 2.45) is 7.05 Å². The number of carbonyl (C=O) groups excluding carboxylic acids is 1. The molecule has 1 N–H and O–H groups in total. The van der Waals surface area contributed by atoms with Crippen LogP contribution in [0.1, 0.15) is 32.2 Å². The first-order valence-corrected chi connectivity index (χ1v) is 10.8. The number of para-hydroxylation sites is 1. The van der Waals surface area contributed by atoms with E-state index in [4.69, 9.17) is 16.3 Å². The Kier molecular flexibility index (Phi) is 7.50. The summed E-state index contributed by atoms with van der Waals surface area (Å²) >= 11 is 7.34. The van der Waals surface area contributed by atoms with Gasteiger partial charge < -0.3 is 14.6 Å². The molecule has 0 spiro atoms. The van der Waals surface area contributed by atoms with Gasteiger partial charge in [-0.25, -0.2) is 8.78 Å². The van der Waals surface area contributed by atoms with Gasteiger partial charge in [0.25, 0.3) is 0 Å². The van der Waals surface area contributed by atoms with E-state index in [0.29, 0.717) is 28.2 Å². The number of amides is 1. The van der Waals surface area contributed by atoms with Gasteiger partial charge in [0.05, 0.1) is 16.0 Å². The van der Waals surface area contributed by atoms with E-state index in [1.165, 1.54) is 17.8 Å². The lowest BCUT2D eigenvalue weighted by Crippen LogP contribution is -2.25. The summed E-state index contributed by atoms with van der Waals surface area (Å²) in [7, 11) is 1.77. The molecule has 3 rings (SSSR count). The van der Waals surface area contributed by atoms with Crippen LogP contribution in [-0.2, 0) is 11.8 Å². The van der Waals surface area contributed by atoms with Crippen molar-refractivity contribution in [2.75, 3.05) is 5.32 Å². The lowest BCUT2D eigenvalue weighted by molar-refractivity contribution is -0.115. The van der Waals surface area contributed by atoms with E-state index in [9.17, 15) is 13.6 Å². The summed E-state index contributed by atoms with van der Waals surface area (Å²) in [5.74, 6) is -0.873. The lowest BCUT2D eigenvalue weighted by atomic mass is 10.2. The van der Waals surface area contributed by atoms with Gasteiger partial charge in [-0.15, -0.1) is 10.2 Å². The highest BCUT2D eigenvalue weighted by Crippen LogP contribution is 2.30. The number of rotatable bonds is 8. The zero-order valence-electron chi connectivity index (χ0n) is 17.1. The molecule has 1 aromatic heterocycles. The first-order chi connectivity index (χ1) is 14.8. The number of nitrogens with one attached hydrogen (secondary N) is 1. The van der Waals surface area contributed by atoms with Crippen LogP contribution in [0.3, 0.4) is 0 Å². The molecular formula is C21H21ClF2N4O2S. The van der Waals surface area contributed by atoms with Crippen molar-refractivity contribution >= 4 is 35.0 Å². The second kappa shape index (κ2) is 10.1. The Balaban J connectivity index is 1.70. The molecule has 0 aliphatic carbocycles. The molecule has 0 saturated carbocycles. The molecule has 164 valence electrons. The maximum atomic E-state index is 13.9. The van der Waals surface area contributed by atoms with Crippen LogP contribution in [0.25, 0.3) is 0 Å². The van der Waals surface area contributed by atoms with Crippen LogP contribution in [0, 0.1) is 11.6 Å². The zero-order valence-corrected chi connectivity index (χ0v) is 18.7. The lowest BCUT2D eigenvalue weighted by Gasteiger charge is -2.16. The Bertz CT molecular complexity index is 1080. The summed E-state index contributed by atoms with van der Waals surface area (Å²) in [6.07, 6.45) is 0.0293. The molecule has 3 aromatic rings. The van der Waals surface area contributed by atoms with Crippen LogP contribution in [0.15, 0.2) is 47.6 Å². The fourth-order valence-corrected chi connectivity index (χ4v) is 3.93. The Morgan fingerprint density at radius 1 is 1.26 bits per heavy atom. The molecule has 2 aromatic carbocycles. The number of halogens is 3. The summed E-state index contributed by atoms with van der Waals surface area (Å²) in [5, 5.41) is 11.3. The summed E-state index contributed by atoms with van der Waals surface area (Å²) in [6, 6.07) is 10.1. The highest BCUT2D eigenvalue weighted by Gasteiger charge is 2.24. The van der Waals surface area contributed by atoms with Crippen molar-refractivity contribution in [3.63, 3.8) is 0 Å². The third-order valence-corrected chi connectivity index (χ3v) is 6.18.